The molecule has 0 fully saturated rings. The third kappa shape index (κ3) is 4.22. The van der Waals surface area contributed by atoms with Crippen LogP contribution in [0.4, 0.5) is 24.9 Å². The molecule has 0 aliphatic carbocycles. The molecular weight excluding hydrogens is 305 g/mol. The van der Waals surface area contributed by atoms with E-state index in [-0.39, 0.29) is 11.8 Å². The van der Waals surface area contributed by atoms with Gasteiger partial charge in [-0.05, 0) is 17.7 Å². The summed E-state index contributed by atoms with van der Waals surface area (Å²) >= 11 is 5.85. The van der Waals surface area contributed by atoms with Crippen LogP contribution in [0, 0.1) is 0 Å². The lowest BCUT2D eigenvalue weighted by atomic mass is 10.2. The van der Waals surface area contributed by atoms with Crippen molar-refractivity contribution in [3.63, 3.8) is 0 Å². The first-order valence-corrected chi connectivity index (χ1v) is 6.38. The minimum Gasteiger partial charge on any atom is -0.366 e. The third-order valence-electron chi connectivity index (χ3n) is 2.60. The lowest BCUT2D eigenvalue weighted by molar-refractivity contribution is -0.141. The molecule has 112 valence electrons. The highest BCUT2D eigenvalue weighted by Crippen LogP contribution is 2.29. The number of aromatic nitrogens is 2. The highest BCUT2D eigenvalue weighted by Gasteiger charge is 2.33. The molecule has 2 rings (SSSR count). The van der Waals surface area contributed by atoms with Gasteiger partial charge in [-0.1, -0.05) is 23.7 Å². The lowest BCUT2D eigenvalue weighted by Crippen LogP contribution is -2.13. The van der Waals surface area contributed by atoms with Gasteiger partial charge in [-0.2, -0.15) is 18.2 Å². The van der Waals surface area contributed by atoms with E-state index in [1.807, 2.05) is 6.07 Å². The number of alkyl halides is 3. The smallest absolute Gasteiger partial charge is 0.366 e. The highest BCUT2D eigenvalue weighted by molar-refractivity contribution is 6.30. The van der Waals surface area contributed by atoms with Gasteiger partial charge in [0.2, 0.25) is 5.95 Å². The molecule has 0 saturated carbocycles. The van der Waals surface area contributed by atoms with E-state index in [9.17, 15) is 13.2 Å². The Labute approximate surface area is 124 Å². The van der Waals surface area contributed by atoms with Crippen LogP contribution in [0.5, 0.6) is 0 Å². The molecule has 2 aromatic rings. The van der Waals surface area contributed by atoms with Crippen molar-refractivity contribution in [1.82, 2.24) is 9.97 Å². The first kappa shape index (κ1) is 15.4. The quantitative estimate of drug-likeness (QED) is 0.900. The molecule has 1 heterocycles. The Hall–Kier alpha value is -2.02. The van der Waals surface area contributed by atoms with Crippen LogP contribution in [-0.4, -0.2) is 17.0 Å². The topological polar surface area (TPSA) is 49.8 Å². The molecule has 0 amide bonds. The predicted molar refractivity (Wildman–Crippen MR) is 75.4 cm³/mol. The summed E-state index contributed by atoms with van der Waals surface area (Å²) in [7, 11) is 1.45. The maximum atomic E-state index is 12.7. The summed E-state index contributed by atoms with van der Waals surface area (Å²) in [5.41, 5.74) is -0.170. The molecule has 2 N–H and O–H groups in total. The van der Waals surface area contributed by atoms with E-state index in [0.29, 0.717) is 11.6 Å². The normalized spacial score (nSPS) is 11.3. The van der Waals surface area contributed by atoms with Crippen molar-refractivity contribution in [2.45, 2.75) is 12.7 Å². The molecule has 8 heteroatoms. The molecule has 0 spiro atoms. The van der Waals surface area contributed by atoms with Crippen molar-refractivity contribution < 1.29 is 13.2 Å². The van der Waals surface area contributed by atoms with Crippen molar-refractivity contribution in [1.29, 1.82) is 0 Å². The van der Waals surface area contributed by atoms with E-state index in [1.165, 1.54) is 7.05 Å². The molecule has 0 saturated heterocycles. The van der Waals surface area contributed by atoms with Crippen molar-refractivity contribution in [3.8, 4) is 0 Å². The summed E-state index contributed by atoms with van der Waals surface area (Å²) < 4.78 is 38.2. The molecule has 0 bridgehead atoms. The second kappa shape index (κ2) is 6.17. The van der Waals surface area contributed by atoms with Gasteiger partial charge >= 0.3 is 6.18 Å². The standard InChI is InChI=1S/C13H12ClF3N4/c1-18-12-20-10(13(15,16)17)6-11(21-12)19-7-8-3-2-4-9(14)5-8/h2-6H,7H2,1H3,(H2,18,19,20,21). The van der Waals surface area contributed by atoms with Crippen LogP contribution >= 0.6 is 11.6 Å². The Kier molecular flexibility index (Phi) is 4.52. The zero-order valence-corrected chi connectivity index (χ0v) is 11.8. The second-order valence-electron chi connectivity index (χ2n) is 4.19. The molecule has 21 heavy (non-hydrogen) atoms. The van der Waals surface area contributed by atoms with Gasteiger partial charge < -0.3 is 10.6 Å². The number of benzene rings is 1. The monoisotopic (exact) mass is 316 g/mol. The second-order valence-corrected chi connectivity index (χ2v) is 4.63. The minimum absolute atomic E-state index is 0.0849. The predicted octanol–water partition coefficient (Wildman–Crippen LogP) is 3.80. The van der Waals surface area contributed by atoms with Crippen LogP contribution < -0.4 is 10.6 Å². The van der Waals surface area contributed by atoms with Gasteiger partial charge in [0.15, 0.2) is 5.69 Å². The van der Waals surface area contributed by atoms with Gasteiger partial charge in [-0.25, -0.2) is 4.98 Å². The van der Waals surface area contributed by atoms with Gasteiger partial charge in [-0.15, -0.1) is 0 Å². The van der Waals surface area contributed by atoms with Crippen LogP contribution in [-0.2, 0) is 12.7 Å². The summed E-state index contributed by atoms with van der Waals surface area (Å²) in [6.07, 6.45) is -4.53. The largest absolute Gasteiger partial charge is 0.433 e. The van der Waals surface area contributed by atoms with Crippen molar-refractivity contribution in [2.75, 3.05) is 17.7 Å². The van der Waals surface area contributed by atoms with Crippen LogP contribution in [0.3, 0.4) is 0 Å². The van der Waals surface area contributed by atoms with Crippen LogP contribution in [0.15, 0.2) is 30.3 Å². The molecule has 0 aliphatic heterocycles. The number of nitrogens with one attached hydrogen (secondary N) is 2. The Morgan fingerprint density at radius 3 is 2.57 bits per heavy atom. The molecular formula is C13H12ClF3N4. The van der Waals surface area contributed by atoms with Gasteiger partial charge in [0.25, 0.3) is 0 Å². The summed E-state index contributed by atoms with van der Waals surface area (Å²) in [5.74, 6) is -0.0138. The first-order chi connectivity index (χ1) is 9.88. The maximum Gasteiger partial charge on any atom is 0.433 e. The van der Waals surface area contributed by atoms with E-state index in [1.54, 1.807) is 18.2 Å². The average molecular weight is 317 g/mol. The maximum absolute atomic E-state index is 12.7. The number of hydrogen-bond donors (Lipinski definition) is 2. The summed E-state index contributed by atoms with van der Waals surface area (Å²) in [4.78, 5) is 7.32. The van der Waals surface area contributed by atoms with Crippen molar-refractivity contribution in [2.24, 2.45) is 0 Å². The zero-order valence-electron chi connectivity index (χ0n) is 11.0. The molecule has 0 unspecified atom stereocenters. The number of hydrogen-bond acceptors (Lipinski definition) is 4. The molecule has 0 atom stereocenters. The summed E-state index contributed by atoms with van der Waals surface area (Å²) in [5, 5.41) is 5.89. The molecule has 4 nitrogen and oxygen atoms in total. The van der Waals surface area contributed by atoms with Gasteiger partial charge in [0.05, 0.1) is 0 Å². The van der Waals surface area contributed by atoms with Crippen LogP contribution in [0.1, 0.15) is 11.3 Å². The SMILES string of the molecule is CNc1nc(NCc2cccc(Cl)c2)cc(C(F)(F)F)n1. The Bertz CT molecular complexity index is 631. The van der Waals surface area contributed by atoms with E-state index in [2.05, 4.69) is 20.6 Å². The van der Waals surface area contributed by atoms with Crippen molar-refractivity contribution in [3.05, 3.63) is 46.6 Å². The van der Waals surface area contributed by atoms with E-state index >= 15 is 0 Å². The number of nitrogens with zero attached hydrogens (tertiary/aromatic N) is 2. The Morgan fingerprint density at radius 2 is 1.95 bits per heavy atom. The Balaban J connectivity index is 2.19. The van der Waals surface area contributed by atoms with Gasteiger partial charge in [-0.3, -0.25) is 0 Å². The molecule has 1 aromatic carbocycles. The van der Waals surface area contributed by atoms with Gasteiger partial charge in [0.1, 0.15) is 5.82 Å². The molecule has 0 aliphatic rings. The van der Waals surface area contributed by atoms with E-state index in [0.717, 1.165) is 11.6 Å². The van der Waals surface area contributed by atoms with Crippen molar-refractivity contribution >= 4 is 23.4 Å². The van der Waals surface area contributed by atoms with Crippen LogP contribution in [0.25, 0.3) is 0 Å². The third-order valence-corrected chi connectivity index (χ3v) is 2.84. The fourth-order valence-corrected chi connectivity index (χ4v) is 1.85. The molecule has 1 aromatic heterocycles. The highest BCUT2D eigenvalue weighted by atomic mass is 35.5. The summed E-state index contributed by atoms with van der Waals surface area (Å²) in [6.45, 7) is 0.304. The number of halogens is 4. The fourth-order valence-electron chi connectivity index (χ4n) is 1.63. The minimum atomic E-state index is -4.53. The fraction of sp³-hybridized carbons (Fsp3) is 0.231. The average Bonchev–Trinajstić information content (AvgIpc) is 2.44. The number of anilines is 2. The van der Waals surface area contributed by atoms with Gasteiger partial charge in [0, 0.05) is 24.7 Å². The lowest BCUT2D eigenvalue weighted by Gasteiger charge is -2.11. The van der Waals surface area contributed by atoms with Crippen LogP contribution in [0.2, 0.25) is 5.02 Å². The first-order valence-electron chi connectivity index (χ1n) is 6.01. The van der Waals surface area contributed by atoms with E-state index in [4.69, 9.17) is 11.6 Å². The van der Waals surface area contributed by atoms with E-state index < -0.39 is 11.9 Å². The number of rotatable bonds is 4. The summed E-state index contributed by atoms with van der Waals surface area (Å²) in [6, 6.07) is 7.88. The Morgan fingerprint density at radius 1 is 1.19 bits per heavy atom. The zero-order chi connectivity index (χ0) is 15.5. The molecule has 0 radical (unpaired) electrons.